The summed E-state index contributed by atoms with van der Waals surface area (Å²) in [5.41, 5.74) is 7.18. The molecule has 0 fully saturated rings. The minimum absolute atomic E-state index is 0.0250. The molecule has 1 aliphatic heterocycles. The van der Waals surface area contributed by atoms with Crippen LogP contribution < -0.4 is 5.73 Å². The molecule has 0 saturated heterocycles. The lowest BCUT2D eigenvalue weighted by Gasteiger charge is -2.26. The van der Waals surface area contributed by atoms with Gasteiger partial charge in [-0.05, 0) is 37.8 Å². The average molecular weight is 330 g/mol. The Kier molecular flexibility index (Phi) is 5.35. The summed E-state index contributed by atoms with van der Waals surface area (Å²) in [7, 11) is 0. The maximum Gasteiger partial charge on any atom is 0.338 e. The number of carbonyl (C=O) groups is 1. The molecule has 0 bridgehead atoms. The second kappa shape index (κ2) is 7.25. The summed E-state index contributed by atoms with van der Waals surface area (Å²) in [5.74, 6) is -0.691. The molecular weight excluding hydrogens is 312 g/mol. The molecule has 0 unspecified atom stereocenters. The zero-order valence-electron chi connectivity index (χ0n) is 13.3. The smallest absolute Gasteiger partial charge is 0.338 e. The summed E-state index contributed by atoms with van der Waals surface area (Å²) >= 11 is 1.62. The van der Waals surface area contributed by atoms with Crippen LogP contribution >= 0.6 is 11.8 Å². The average Bonchev–Trinajstić information content (AvgIpc) is 2.54. The number of hydrogen-bond acceptors (Lipinski definition) is 6. The summed E-state index contributed by atoms with van der Waals surface area (Å²) < 4.78 is 10.5. The molecule has 6 heteroatoms. The first-order valence-corrected chi connectivity index (χ1v) is 8.35. The van der Waals surface area contributed by atoms with Gasteiger partial charge in [0.1, 0.15) is 17.4 Å². The Hall–Kier alpha value is -2.39. The van der Waals surface area contributed by atoms with E-state index in [1.165, 1.54) is 0 Å². The number of benzene rings is 1. The van der Waals surface area contributed by atoms with Crippen molar-refractivity contribution in [2.24, 2.45) is 5.73 Å². The molecule has 5 nitrogen and oxygen atoms in total. The number of thioether (sulfide) groups is 1. The Labute approximate surface area is 139 Å². The fraction of sp³-hybridized carbons (Fsp3) is 0.294. The molecule has 2 rings (SSSR count). The van der Waals surface area contributed by atoms with Gasteiger partial charge in [0, 0.05) is 4.90 Å². The first-order valence-electron chi connectivity index (χ1n) is 7.12. The predicted molar refractivity (Wildman–Crippen MR) is 88.2 cm³/mol. The minimum atomic E-state index is -0.580. The van der Waals surface area contributed by atoms with E-state index in [-0.39, 0.29) is 18.1 Å². The van der Waals surface area contributed by atoms with E-state index in [2.05, 4.69) is 6.07 Å². The third-order valence-corrected chi connectivity index (χ3v) is 4.29. The molecule has 1 aromatic rings. The number of nitrogens with zero attached hydrogens (tertiary/aromatic N) is 1. The highest BCUT2D eigenvalue weighted by Gasteiger charge is 2.36. The molecule has 0 aromatic heterocycles. The monoisotopic (exact) mass is 330 g/mol. The standard InChI is InChI=1S/C17H18N2O3S/c1-4-21-17(20)14-10(2)22-16(19)13(9-18)15(14)11-5-7-12(23-3)8-6-11/h5-8,15H,4,19H2,1-3H3/t15-/m0/s1. The van der Waals surface area contributed by atoms with Crippen molar-refractivity contribution in [2.75, 3.05) is 12.9 Å². The van der Waals surface area contributed by atoms with Gasteiger partial charge in [0.25, 0.3) is 0 Å². The topological polar surface area (TPSA) is 85.3 Å². The summed E-state index contributed by atoms with van der Waals surface area (Å²) in [6.07, 6.45) is 1.98. The highest BCUT2D eigenvalue weighted by molar-refractivity contribution is 7.98. The third-order valence-electron chi connectivity index (χ3n) is 3.55. The zero-order chi connectivity index (χ0) is 17.0. The molecule has 1 heterocycles. The number of nitrogens with two attached hydrogens (primary N) is 1. The van der Waals surface area contributed by atoms with Crippen molar-refractivity contribution in [1.82, 2.24) is 0 Å². The quantitative estimate of drug-likeness (QED) is 0.674. The Morgan fingerprint density at radius 3 is 2.61 bits per heavy atom. The number of allylic oxidation sites excluding steroid dienone is 2. The van der Waals surface area contributed by atoms with Crippen LogP contribution in [-0.4, -0.2) is 18.8 Å². The van der Waals surface area contributed by atoms with Crippen molar-refractivity contribution in [3.8, 4) is 6.07 Å². The molecule has 0 saturated carbocycles. The summed E-state index contributed by atoms with van der Waals surface area (Å²) in [5, 5.41) is 9.46. The van der Waals surface area contributed by atoms with Crippen molar-refractivity contribution in [2.45, 2.75) is 24.7 Å². The highest BCUT2D eigenvalue weighted by atomic mass is 32.2. The molecule has 0 radical (unpaired) electrons. The number of nitriles is 1. The van der Waals surface area contributed by atoms with Crippen LogP contribution in [-0.2, 0) is 14.3 Å². The van der Waals surface area contributed by atoms with Gasteiger partial charge in [0.15, 0.2) is 0 Å². The number of rotatable bonds is 4. The number of esters is 1. The van der Waals surface area contributed by atoms with Crippen LogP contribution in [0.5, 0.6) is 0 Å². The molecule has 1 aromatic carbocycles. The number of ether oxygens (including phenoxy) is 2. The third kappa shape index (κ3) is 3.35. The van der Waals surface area contributed by atoms with Crippen molar-refractivity contribution in [1.29, 1.82) is 5.26 Å². The maximum absolute atomic E-state index is 12.3. The molecule has 1 aliphatic rings. The van der Waals surface area contributed by atoms with Gasteiger partial charge in [0.05, 0.1) is 18.1 Å². The Balaban J connectivity index is 2.56. The number of hydrogen-bond donors (Lipinski definition) is 1. The van der Waals surface area contributed by atoms with Crippen LogP contribution in [0.4, 0.5) is 0 Å². The van der Waals surface area contributed by atoms with Gasteiger partial charge in [-0.2, -0.15) is 5.26 Å². The summed E-state index contributed by atoms with van der Waals surface area (Å²) in [6, 6.07) is 9.72. The fourth-order valence-electron chi connectivity index (χ4n) is 2.48. The summed E-state index contributed by atoms with van der Waals surface area (Å²) in [6.45, 7) is 3.63. The molecule has 0 spiro atoms. The highest BCUT2D eigenvalue weighted by Crippen LogP contribution is 2.39. The molecule has 0 aliphatic carbocycles. The van der Waals surface area contributed by atoms with E-state index in [1.807, 2.05) is 30.5 Å². The van der Waals surface area contributed by atoms with Gasteiger partial charge in [0.2, 0.25) is 5.88 Å². The van der Waals surface area contributed by atoms with Crippen molar-refractivity contribution in [3.63, 3.8) is 0 Å². The van der Waals surface area contributed by atoms with E-state index in [0.29, 0.717) is 11.3 Å². The predicted octanol–water partition coefficient (Wildman–Crippen LogP) is 3.05. The van der Waals surface area contributed by atoms with Gasteiger partial charge in [-0.25, -0.2) is 4.79 Å². The van der Waals surface area contributed by atoms with E-state index >= 15 is 0 Å². The van der Waals surface area contributed by atoms with E-state index < -0.39 is 11.9 Å². The van der Waals surface area contributed by atoms with Crippen LogP contribution in [0.1, 0.15) is 25.3 Å². The first kappa shape index (κ1) is 17.0. The lowest BCUT2D eigenvalue weighted by Crippen LogP contribution is -2.25. The second-order valence-corrected chi connectivity index (χ2v) is 5.77. The van der Waals surface area contributed by atoms with Crippen LogP contribution in [0.2, 0.25) is 0 Å². The van der Waals surface area contributed by atoms with Gasteiger partial charge in [-0.15, -0.1) is 11.8 Å². The summed E-state index contributed by atoms with van der Waals surface area (Å²) in [4.78, 5) is 13.4. The molecule has 0 amide bonds. The lowest BCUT2D eigenvalue weighted by molar-refractivity contribution is -0.139. The molecule has 2 N–H and O–H groups in total. The Morgan fingerprint density at radius 2 is 2.09 bits per heavy atom. The van der Waals surface area contributed by atoms with Crippen molar-refractivity contribution < 1.29 is 14.3 Å². The maximum atomic E-state index is 12.3. The Morgan fingerprint density at radius 1 is 1.43 bits per heavy atom. The van der Waals surface area contributed by atoms with E-state index in [1.54, 1.807) is 25.6 Å². The van der Waals surface area contributed by atoms with Crippen LogP contribution in [0.15, 0.2) is 51.9 Å². The van der Waals surface area contributed by atoms with Crippen molar-refractivity contribution in [3.05, 3.63) is 52.6 Å². The van der Waals surface area contributed by atoms with Gasteiger partial charge >= 0.3 is 5.97 Å². The zero-order valence-corrected chi connectivity index (χ0v) is 14.1. The molecule has 120 valence electrons. The lowest BCUT2D eigenvalue weighted by atomic mass is 9.83. The molecule has 1 atom stereocenters. The SMILES string of the molecule is CCOC(=O)C1=C(C)OC(N)=C(C#N)[C@@H]1c1ccc(SC)cc1. The normalized spacial score (nSPS) is 17.6. The van der Waals surface area contributed by atoms with Gasteiger partial charge in [-0.1, -0.05) is 12.1 Å². The van der Waals surface area contributed by atoms with Crippen LogP contribution in [0.3, 0.4) is 0 Å². The minimum Gasteiger partial charge on any atom is -0.463 e. The Bertz CT molecular complexity index is 714. The van der Waals surface area contributed by atoms with Gasteiger partial charge < -0.3 is 15.2 Å². The van der Waals surface area contributed by atoms with Crippen LogP contribution in [0, 0.1) is 11.3 Å². The second-order valence-electron chi connectivity index (χ2n) is 4.89. The van der Waals surface area contributed by atoms with E-state index in [9.17, 15) is 10.1 Å². The van der Waals surface area contributed by atoms with Crippen LogP contribution in [0.25, 0.3) is 0 Å². The fourth-order valence-corrected chi connectivity index (χ4v) is 2.89. The van der Waals surface area contributed by atoms with Gasteiger partial charge in [-0.3, -0.25) is 0 Å². The number of carbonyl (C=O) groups excluding carboxylic acids is 1. The molecule has 23 heavy (non-hydrogen) atoms. The van der Waals surface area contributed by atoms with E-state index in [4.69, 9.17) is 15.2 Å². The largest absolute Gasteiger partial charge is 0.463 e. The first-order chi connectivity index (χ1) is 11.0. The van der Waals surface area contributed by atoms with E-state index in [0.717, 1.165) is 10.5 Å². The molecular formula is C17H18N2O3S. The van der Waals surface area contributed by atoms with Crippen molar-refractivity contribution >= 4 is 17.7 Å².